The second kappa shape index (κ2) is 28.1. The minimum atomic E-state index is -0.926. The Morgan fingerprint density at radius 1 is 0.935 bits per heavy atom. The van der Waals surface area contributed by atoms with Gasteiger partial charge in [0.25, 0.3) is 5.56 Å². The van der Waals surface area contributed by atoms with E-state index in [2.05, 4.69) is 59.9 Å². The number of halogens is 2. The predicted molar refractivity (Wildman–Crippen MR) is 303 cm³/mol. The quantitative estimate of drug-likeness (QED) is 0.0300. The lowest BCUT2D eigenvalue weighted by Gasteiger charge is -2.36. The zero-order valence-electron chi connectivity index (χ0n) is 44.2. The molecule has 77 heavy (non-hydrogen) atoms. The molecule has 3 aromatic carbocycles. The summed E-state index contributed by atoms with van der Waals surface area (Å²) < 4.78 is 5.05. The highest BCUT2D eigenvalue weighted by molar-refractivity contribution is 6.45. The number of piperidine rings is 1. The van der Waals surface area contributed by atoms with Gasteiger partial charge < -0.3 is 46.2 Å². The number of rotatable bonds is 22. The SMILES string of the molecule is C=C(CO)N1CCc2[nH]c3c(Cl)c(Cl)cc(-c4ccn(CCNC(=O)CCCCCCCNCc5ccc(-c6c7ncn(CC8(O)CCN(C)CC8)c(=O)c7nn6C)cc5)n4)c3c2C1.NC=O.O=CCCc1ccccc1. The van der Waals surface area contributed by atoms with Crippen molar-refractivity contribution in [3.05, 3.63) is 134 Å². The van der Waals surface area contributed by atoms with Gasteiger partial charge in [0.2, 0.25) is 12.3 Å². The first kappa shape index (κ1) is 58.0. The Morgan fingerprint density at radius 3 is 2.39 bits per heavy atom. The Balaban J connectivity index is 0.000000585. The number of H-pyrrole nitrogens is 1. The highest BCUT2D eigenvalue weighted by Gasteiger charge is 2.33. The van der Waals surface area contributed by atoms with E-state index < -0.39 is 5.60 Å². The molecule has 0 unspecified atom stereocenters. The van der Waals surface area contributed by atoms with E-state index in [-0.39, 0.29) is 31.0 Å². The molecule has 410 valence electrons. The van der Waals surface area contributed by atoms with Gasteiger partial charge in [-0.3, -0.25) is 28.3 Å². The molecule has 7 aromatic rings. The van der Waals surface area contributed by atoms with Crippen molar-refractivity contribution in [1.82, 2.24) is 54.5 Å². The Labute approximate surface area is 459 Å². The van der Waals surface area contributed by atoms with Crippen LogP contribution in [0.2, 0.25) is 10.0 Å². The van der Waals surface area contributed by atoms with Crippen molar-refractivity contribution in [2.75, 3.05) is 46.4 Å². The fraction of sp³-hybridized carbons (Fsp3) is 0.421. The van der Waals surface area contributed by atoms with Crippen LogP contribution in [-0.2, 0) is 60.5 Å². The number of aliphatic hydroxyl groups excluding tert-OH is 1. The number of likely N-dealkylation sites (tertiary alicyclic amines) is 1. The summed E-state index contributed by atoms with van der Waals surface area (Å²) in [6.07, 6.45) is 13.8. The predicted octanol–water partition coefficient (Wildman–Crippen LogP) is 6.94. The van der Waals surface area contributed by atoms with E-state index in [1.807, 2.05) is 79.6 Å². The number of unbranched alkanes of at least 4 members (excludes halogenated alkanes) is 4. The topological polar surface area (TPSA) is 235 Å². The van der Waals surface area contributed by atoms with Crippen LogP contribution in [0.5, 0.6) is 0 Å². The highest BCUT2D eigenvalue weighted by Crippen LogP contribution is 2.42. The maximum atomic E-state index is 13.4. The van der Waals surface area contributed by atoms with Gasteiger partial charge in [-0.1, -0.05) is 104 Å². The summed E-state index contributed by atoms with van der Waals surface area (Å²) >= 11 is 13.3. The molecule has 0 spiro atoms. The lowest BCUT2D eigenvalue weighted by molar-refractivity contribution is -0.121. The maximum Gasteiger partial charge on any atom is 0.281 e. The van der Waals surface area contributed by atoms with Crippen molar-refractivity contribution in [2.45, 2.75) is 102 Å². The molecular weight excluding hydrogens is 1020 g/mol. The van der Waals surface area contributed by atoms with Crippen molar-refractivity contribution in [1.29, 1.82) is 0 Å². The van der Waals surface area contributed by atoms with Crippen molar-refractivity contribution in [2.24, 2.45) is 12.8 Å². The molecule has 0 aliphatic carbocycles. The van der Waals surface area contributed by atoms with Crippen LogP contribution < -0.4 is 21.9 Å². The minimum absolute atomic E-state index is 0.0502. The highest BCUT2D eigenvalue weighted by atomic mass is 35.5. The number of nitrogens with zero attached hydrogens (tertiary/aromatic N) is 8. The first-order valence-electron chi connectivity index (χ1n) is 26.4. The summed E-state index contributed by atoms with van der Waals surface area (Å²) in [7, 11) is 3.87. The molecule has 2 aliphatic rings. The zero-order chi connectivity index (χ0) is 54.9. The minimum Gasteiger partial charge on any atom is -0.390 e. The van der Waals surface area contributed by atoms with Gasteiger partial charge in [-0.25, -0.2) is 4.98 Å². The average Bonchev–Trinajstić information content (AvgIpc) is 4.18. The van der Waals surface area contributed by atoms with E-state index in [0.29, 0.717) is 72.1 Å². The molecule has 7 N–H and O–H groups in total. The number of aliphatic hydroxyl groups is 2. The molecule has 0 atom stereocenters. The number of nitrogens with one attached hydrogen (secondary N) is 3. The number of fused-ring (bicyclic) bond motifs is 4. The van der Waals surface area contributed by atoms with Gasteiger partial charge in [0, 0.05) is 105 Å². The molecule has 1 saturated heterocycles. The number of primary amides is 1. The van der Waals surface area contributed by atoms with E-state index in [4.69, 9.17) is 33.1 Å². The van der Waals surface area contributed by atoms with Crippen LogP contribution in [0.25, 0.3) is 44.5 Å². The maximum absolute atomic E-state index is 13.4. The van der Waals surface area contributed by atoms with Gasteiger partial charge in [0.05, 0.1) is 58.6 Å². The van der Waals surface area contributed by atoms with Crippen LogP contribution in [0.15, 0.2) is 96.3 Å². The number of aromatic nitrogens is 7. The number of hydrogen-bond acceptors (Lipinski definition) is 12. The normalized spacial score (nSPS) is 14.1. The Morgan fingerprint density at radius 2 is 1.66 bits per heavy atom. The zero-order valence-corrected chi connectivity index (χ0v) is 45.7. The first-order valence-corrected chi connectivity index (χ1v) is 27.1. The molecule has 18 nitrogen and oxygen atoms in total. The van der Waals surface area contributed by atoms with Gasteiger partial charge in [-0.05, 0) is 69.0 Å². The monoisotopic (exact) mass is 1090 g/mol. The Kier molecular flexibility index (Phi) is 21.2. The number of carbonyl (C=O) groups excluding carboxylic acids is 3. The van der Waals surface area contributed by atoms with Crippen molar-refractivity contribution >= 4 is 63.7 Å². The second-order valence-electron chi connectivity index (χ2n) is 19.9. The standard InChI is InChI=1S/C47H59Cl2N11O4.C9H10O.CH3NO/c1-31(28-61)58-20-14-37-35(27-58)40-34(25-36(48)41(49)42(40)53-37)38-15-21-60(54-38)24-19-51-39(62)9-7-5-4-6-8-18-50-26-32-10-12-33(13-11-32)45-43-44(55-57(45)3)46(63)59(30-52-43)29-47(64)16-22-56(2)23-17-47;10-8-4-7-9-5-2-1-3-6-9;2-1-3/h10-13,15,21,25,30,50,53,61,64H,1,4-9,14,16-20,22-24,26-29H2,2-3H3,(H,51,62);1-3,5-6,8H,4,7H2;1H,(H2,2,3). The van der Waals surface area contributed by atoms with E-state index in [9.17, 15) is 24.6 Å². The molecule has 9 rings (SSSR count). The number of carbonyl (C=O) groups is 3. The van der Waals surface area contributed by atoms with E-state index in [1.165, 1.54) is 10.1 Å². The third-order valence-electron chi connectivity index (χ3n) is 14.3. The van der Waals surface area contributed by atoms with E-state index in [0.717, 1.165) is 134 Å². The Hall–Kier alpha value is -6.67. The second-order valence-corrected chi connectivity index (χ2v) is 20.6. The summed E-state index contributed by atoms with van der Waals surface area (Å²) in [4.78, 5) is 57.0. The number of amides is 2. The molecule has 6 heterocycles. The first-order chi connectivity index (χ1) is 37.3. The Bertz CT molecular complexity index is 3140. The smallest absolute Gasteiger partial charge is 0.281 e. The van der Waals surface area contributed by atoms with E-state index in [1.54, 1.807) is 11.0 Å². The van der Waals surface area contributed by atoms with Gasteiger partial charge in [0.1, 0.15) is 11.8 Å². The third kappa shape index (κ3) is 15.3. The third-order valence-corrected chi connectivity index (χ3v) is 15.0. The molecule has 20 heteroatoms. The van der Waals surface area contributed by atoms with Crippen molar-refractivity contribution in [3.8, 4) is 22.5 Å². The van der Waals surface area contributed by atoms with E-state index >= 15 is 0 Å². The van der Waals surface area contributed by atoms with Crippen LogP contribution in [0.1, 0.15) is 80.2 Å². The average molecular weight is 1090 g/mol. The summed E-state index contributed by atoms with van der Waals surface area (Å²) in [5, 5.41) is 38.7. The molecule has 4 aromatic heterocycles. The molecule has 1 fully saturated rings. The number of aryl methyl sites for hydroxylation is 2. The number of benzene rings is 3. The van der Waals surface area contributed by atoms with Crippen LogP contribution in [0, 0.1) is 0 Å². The largest absolute Gasteiger partial charge is 0.390 e. The summed E-state index contributed by atoms with van der Waals surface area (Å²) in [6.45, 7) is 9.77. The van der Waals surface area contributed by atoms with Crippen molar-refractivity contribution in [3.63, 3.8) is 0 Å². The fourth-order valence-corrected chi connectivity index (χ4v) is 10.3. The van der Waals surface area contributed by atoms with Crippen molar-refractivity contribution < 1.29 is 24.6 Å². The van der Waals surface area contributed by atoms with Gasteiger partial charge >= 0.3 is 0 Å². The van der Waals surface area contributed by atoms with Crippen LogP contribution in [-0.4, -0.2) is 125 Å². The molecule has 0 bridgehead atoms. The molecular formula is C57H72Cl2N12O6. The number of aromatic amines is 1. The molecule has 2 amide bonds. The summed E-state index contributed by atoms with van der Waals surface area (Å²) in [5.74, 6) is 0.0502. The lowest BCUT2D eigenvalue weighted by atomic mass is 9.91. The molecule has 0 saturated carbocycles. The lowest BCUT2D eigenvalue weighted by Crippen LogP contribution is -2.47. The number of hydrogen-bond donors (Lipinski definition) is 6. The summed E-state index contributed by atoms with van der Waals surface area (Å²) in [5.41, 5.74) is 13.3. The van der Waals surface area contributed by atoms with Crippen LogP contribution in [0.4, 0.5) is 0 Å². The van der Waals surface area contributed by atoms with Crippen LogP contribution in [0.3, 0.4) is 0 Å². The number of aldehydes is 1. The summed E-state index contributed by atoms with van der Waals surface area (Å²) in [6, 6.07) is 22.1. The van der Waals surface area contributed by atoms with Gasteiger partial charge in [0.15, 0.2) is 5.52 Å². The van der Waals surface area contributed by atoms with Gasteiger partial charge in [-0.2, -0.15) is 10.2 Å². The van der Waals surface area contributed by atoms with Crippen LogP contribution >= 0.6 is 23.2 Å². The van der Waals surface area contributed by atoms with Gasteiger partial charge in [-0.15, -0.1) is 0 Å². The number of nitrogens with two attached hydrogens (primary N) is 1. The molecule has 2 aliphatic heterocycles. The fourth-order valence-electron chi connectivity index (χ4n) is 9.93. The molecule has 0 radical (unpaired) electrons.